The van der Waals surface area contributed by atoms with Gasteiger partial charge in [-0.3, -0.25) is 9.69 Å². The largest absolute Gasteiger partial charge is 0.481 e. The summed E-state index contributed by atoms with van der Waals surface area (Å²) < 4.78 is 0. The van der Waals surface area contributed by atoms with Gasteiger partial charge in [0.1, 0.15) is 0 Å². The number of carbonyl (C=O) groups is 1. The summed E-state index contributed by atoms with van der Waals surface area (Å²) in [6.07, 6.45) is 4.94. The molecule has 0 aromatic heterocycles. The third kappa shape index (κ3) is 4.41. The molecule has 2 fully saturated rings. The van der Waals surface area contributed by atoms with E-state index in [1.54, 1.807) is 0 Å². The van der Waals surface area contributed by atoms with E-state index in [2.05, 4.69) is 23.8 Å². The van der Waals surface area contributed by atoms with E-state index in [1.807, 2.05) is 0 Å². The van der Waals surface area contributed by atoms with Crippen LogP contribution in [0.2, 0.25) is 0 Å². The monoisotopic (exact) mass is 298 g/mol. The highest BCUT2D eigenvalue weighted by atomic mass is 16.4. The van der Waals surface area contributed by atoms with E-state index in [1.165, 1.54) is 19.4 Å². The molecule has 2 aliphatic rings. The van der Waals surface area contributed by atoms with Gasteiger partial charge in [-0.05, 0) is 58.7 Å². The fourth-order valence-electron chi connectivity index (χ4n) is 4.01. The number of hydrogen-bond donors (Lipinski definition) is 2. The summed E-state index contributed by atoms with van der Waals surface area (Å²) in [7, 11) is 2.08. The van der Waals surface area contributed by atoms with Gasteiger partial charge in [0.25, 0.3) is 0 Å². The second kappa shape index (κ2) is 7.07. The summed E-state index contributed by atoms with van der Waals surface area (Å²) in [4.78, 5) is 15.7. The van der Waals surface area contributed by atoms with Gasteiger partial charge >= 0.3 is 5.97 Å². The molecule has 2 N–H and O–H groups in total. The number of nitrogens with zero attached hydrogens (tertiary/aromatic N) is 2. The maximum Gasteiger partial charge on any atom is 0.306 e. The quantitative estimate of drug-likeness (QED) is 0.776. The molecule has 5 heteroatoms. The van der Waals surface area contributed by atoms with Crippen molar-refractivity contribution < 1.29 is 15.0 Å². The van der Waals surface area contributed by atoms with E-state index >= 15 is 0 Å². The number of hydrogen-bond acceptors (Lipinski definition) is 4. The van der Waals surface area contributed by atoms with Crippen molar-refractivity contribution in [2.75, 3.05) is 33.2 Å². The Bertz CT molecular complexity index is 353. The van der Waals surface area contributed by atoms with Crippen molar-refractivity contribution in [1.82, 2.24) is 9.80 Å². The minimum Gasteiger partial charge on any atom is -0.481 e. The SMILES string of the molecule is CCN1CCCC1CN(C)CC1(O)CCC(C(=O)O)CC1. The first kappa shape index (κ1) is 16.7. The van der Waals surface area contributed by atoms with Crippen molar-refractivity contribution in [2.45, 2.75) is 57.1 Å². The van der Waals surface area contributed by atoms with Crippen LogP contribution < -0.4 is 0 Å². The molecule has 1 aliphatic carbocycles. The fourth-order valence-corrected chi connectivity index (χ4v) is 4.01. The first-order valence-electron chi connectivity index (χ1n) is 8.31. The molecular formula is C16H30N2O3. The number of carboxylic acids is 1. The number of aliphatic hydroxyl groups is 1. The van der Waals surface area contributed by atoms with Crippen LogP contribution in [0.3, 0.4) is 0 Å². The average Bonchev–Trinajstić information content (AvgIpc) is 2.85. The number of carboxylic acid groups (broad SMARTS) is 1. The van der Waals surface area contributed by atoms with Gasteiger partial charge in [-0.25, -0.2) is 0 Å². The highest BCUT2D eigenvalue weighted by Gasteiger charge is 2.37. The Balaban J connectivity index is 1.79. The molecule has 5 nitrogen and oxygen atoms in total. The van der Waals surface area contributed by atoms with Crippen molar-refractivity contribution >= 4 is 5.97 Å². The summed E-state index contributed by atoms with van der Waals surface area (Å²) >= 11 is 0. The molecule has 0 aromatic rings. The molecule has 1 heterocycles. The molecule has 1 unspecified atom stereocenters. The van der Waals surface area contributed by atoms with E-state index in [0.717, 1.165) is 13.1 Å². The summed E-state index contributed by atoms with van der Waals surface area (Å²) in [6, 6.07) is 0.610. The van der Waals surface area contributed by atoms with E-state index in [4.69, 9.17) is 5.11 Å². The lowest BCUT2D eigenvalue weighted by atomic mass is 9.78. The number of likely N-dealkylation sites (N-methyl/N-ethyl adjacent to an activating group) is 2. The standard InChI is InChI=1S/C16H30N2O3/c1-3-18-10-4-5-14(18)11-17(2)12-16(21)8-6-13(7-9-16)15(19)20/h13-14,21H,3-12H2,1-2H3,(H,19,20). The molecule has 0 amide bonds. The van der Waals surface area contributed by atoms with E-state index in [-0.39, 0.29) is 5.92 Å². The lowest BCUT2D eigenvalue weighted by Crippen LogP contribution is -2.48. The van der Waals surface area contributed by atoms with Crippen LogP contribution >= 0.6 is 0 Å². The minimum atomic E-state index is -0.713. The Hall–Kier alpha value is -0.650. The summed E-state index contributed by atoms with van der Waals surface area (Å²) in [5, 5.41) is 19.7. The predicted molar refractivity (Wildman–Crippen MR) is 82.3 cm³/mol. The summed E-state index contributed by atoms with van der Waals surface area (Å²) in [6.45, 7) is 6.16. The van der Waals surface area contributed by atoms with Gasteiger partial charge in [-0.1, -0.05) is 6.92 Å². The maximum atomic E-state index is 11.0. The van der Waals surface area contributed by atoms with Crippen LogP contribution in [-0.2, 0) is 4.79 Å². The van der Waals surface area contributed by atoms with Crippen molar-refractivity contribution in [3.05, 3.63) is 0 Å². The zero-order valence-corrected chi connectivity index (χ0v) is 13.4. The van der Waals surface area contributed by atoms with Gasteiger partial charge in [-0.2, -0.15) is 0 Å². The van der Waals surface area contributed by atoms with Crippen molar-refractivity contribution in [2.24, 2.45) is 5.92 Å². The van der Waals surface area contributed by atoms with Crippen LogP contribution in [-0.4, -0.2) is 70.9 Å². The van der Waals surface area contributed by atoms with Crippen LogP contribution in [0.5, 0.6) is 0 Å². The smallest absolute Gasteiger partial charge is 0.306 e. The zero-order chi connectivity index (χ0) is 15.5. The Morgan fingerprint density at radius 1 is 1.33 bits per heavy atom. The fraction of sp³-hybridized carbons (Fsp3) is 0.938. The highest BCUT2D eigenvalue weighted by molar-refractivity contribution is 5.70. The predicted octanol–water partition coefficient (Wildman–Crippen LogP) is 1.41. The van der Waals surface area contributed by atoms with Crippen LogP contribution in [0.1, 0.15) is 45.4 Å². The highest BCUT2D eigenvalue weighted by Crippen LogP contribution is 2.33. The van der Waals surface area contributed by atoms with Gasteiger partial charge < -0.3 is 15.1 Å². The molecular weight excluding hydrogens is 268 g/mol. The number of likely N-dealkylation sites (tertiary alicyclic amines) is 1. The molecule has 0 radical (unpaired) electrons. The van der Waals surface area contributed by atoms with Crippen LogP contribution in [0.4, 0.5) is 0 Å². The van der Waals surface area contributed by atoms with E-state index in [0.29, 0.717) is 38.3 Å². The van der Waals surface area contributed by atoms with Crippen LogP contribution in [0.15, 0.2) is 0 Å². The molecule has 0 aromatic carbocycles. The van der Waals surface area contributed by atoms with Crippen molar-refractivity contribution in [1.29, 1.82) is 0 Å². The van der Waals surface area contributed by atoms with Crippen molar-refractivity contribution in [3.8, 4) is 0 Å². The Labute approximate surface area is 127 Å². The van der Waals surface area contributed by atoms with E-state index in [9.17, 15) is 9.90 Å². The molecule has 1 aliphatic heterocycles. The second-order valence-corrected chi connectivity index (χ2v) is 6.96. The first-order chi connectivity index (χ1) is 9.93. The topological polar surface area (TPSA) is 64.0 Å². The lowest BCUT2D eigenvalue weighted by molar-refractivity contribution is -0.145. The van der Waals surface area contributed by atoms with Gasteiger partial charge in [0, 0.05) is 19.1 Å². The number of aliphatic carboxylic acids is 1. The average molecular weight is 298 g/mol. The normalized spacial score (nSPS) is 34.5. The van der Waals surface area contributed by atoms with E-state index < -0.39 is 11.6 Å². The van der Waals surface area contributed by atoms with Gasteiger partial charge in [0.2, 0.25) is 0 Å². The molecule has 21 heavy (non-hydrogen) atoms. The number of rotatable bonds is 6. The molecule has 0 spiro atoms. The molecule has 1 saturated carbocycles. The second-order valence-electron chi connectivity index (χ2n) is 6.96. The van der Waals surface area contributed by atoms with Gasteiger partial charge in [0.05, 0.1) is 11.5 Å². The van der Waals surface area contributed by atoms with Gasteiger partial charge in [-0.15, -0.1) is 0 Å². The Morgan fingerprint density at radius 3 is 2.57 bits per heavy atom. The lowest BCUT2D eigenvalue weighted by Gasteiger charge is -2.38. The molecule has 1 atom stereocenters. The molecule has 0 bridgehead atoms. The third-order valence-corrected chi connectivity index (χ3v) is 5.26. The minimum absolute atomic E-state index is 0.263. The third-order valence-electron chi connectivity index (χ3n) is 5.26. The summed E-state index contributed by atoms with van der Waals surface area (Å²) in [5.41, 5.74) is -0.698. The van der Waals surface area contributed by atoms with Crippen molar-refractivity contribution in [3.63, 3.8) is 0 Å². The maximum absolute atomic E-state index is 11.0. The zero-order valence-electron chi connectivity index (χ0n) is 13.4. The van der Waals surface area contributed by atoms with Gasteiger partial charge in [0.15, 0.2) is 0 Å². The summed E-state index contributed by atoms with van der Waals surface area (Å²) in [5.74, 6) is -0.976. The first-order valence-corrected chi connectivity index (χ1v) is 8.31. The molecule has 122 valence electrons. The Kier molecular flexibility index (Phi) is 5.63. The van der Waals surface area contributed by atoms with Crippen LogP contribution in [0.25, 0.3) is 0 Å². The van der Waals surface area contributed by atoms with Crippen LogP contribution in [0, 0.1) is 5.92 Å². The molecule has 2 rings (SSSR count). The Morgan fingerprint density at radius 2 is 2.00 bits per heavy atom. The molecule has 1 saturated heterocycles.